The van der Waals surface area contributed by atoms with Crippen LogP contribution in [0.1, 0.15) is 0 Å². The Morgan fingerprint density at radius 1 is 2.00 bits per heavy atom. The maximum absolute atomic E-state index is 10.0. The molecule has 1 N–H and O–H groups in total. The van der Waals surface area contributed by atoms with Crippen molar-refractivity contribution >= 4 is 29.1 Å². The summed E-state index contributed by atoms with van der Waals surface area (Å²) in [6.45, 7) is 0. The monoisotopic (exact) mass is 174 g/mol. The van der Waals surface area contributed by atoms with E-state index in [2.05, 4.69) is 10.5 Å². The first kappa shape index (κ1) is 7.56. The minimum absolute atomic E-state index is 0.0670. The van der Waals surface area contributed by atoms with Gasteiger partial charge in [-0.2, -0.15) is 0 Å². The van der Waals surface area contributed by atoms with E-state index in [1.165, 1.54) is 23.1 Å². The van der Waals surface area contributed by atoms with Crippen molar-refractivity contribution in [2.45, 2.75) is 5.03 Å². The van der Waals surface area contributed by atoms with Gasteiger partial charge in [0.05, 0.1) is 5.75 Å². The molecule has 0 unspecified atom stereocenters. The molecule has 0 saturated heterocycles. The van der Waals surface area contributed by atoms with E-state index in [4.69, 9.17) is 5.11 Å². The standard InChI is InChI=1S/C5H4NO2S2/c7-5(8)2-10-4-1-9-3-6-4/h1H,2H2,(H,7,8). The van der Waals surface area contributed by atoms with Crippen LogP contribution >= 0.6 is 23.1 Å². The Bertz CT molecular complexity index is 209. The maximum atomic E-state index is 10.0. The highest BCUT2D eigenvalue weighted by molar-refractivity contribution is 8.00. The van der Waals surface area contributed by atoms with E-state index >= 15 is 0 Å². The van der Waals surface area contributed by atoms with Gasteiger partial charge in [-0.3, -0.25) is 4.79 Å². The second kappa shape index (κ2) is 3.58. The number of carboxylic acids is 1. The number of hydrogen-bond donors (Lipinski definition) is 1. The average Bonchev–Trinajstić information content (AvgIpc) is 2.34. The summed E-state index contributed by atoms with van der Waals surface area (Å²) in [6.07, 6.45) is 0. The van der Waals surface area contributed by atoms with Crippen LogP contribution in [0.3, 0.4) is 0 Å². The van der Waals surface area contributed by atoms with Crippen LogP contribution in [-0.4, -0.2) is 21.8 Å². The Hall–Kier alpha value is -0.550. The number of thiazole rings is 1. The van der Waals surface area contributed by atoms with E-state index in [1.807, 2.05) is 0 Å². The molecule has 1 aromatic heterocycles. The summed E-state index contributed by atoms with van der Waals surface area (Å²) in [5, 5.41) is 10.8. The Kier molecular flexibility index (Phi) is 2.70. The van der Waals surface area contributed by atoms with Crippen LogP contribution in [0.25, 0.3) is 0 Å². The number of aliphatic carboxylic acids is 1. The van der Waals surface area contributed by atoms with Crippen LogP contribution in [0.4, 0.5) is 0 Å². The fourth-order valence-electron chi connectivity index (χ4n) is 0.376. The summed E-state index contributed by atoms with van der Waals surface area (Å²) in [4.78, 5) is 13.8. The minimum atomic E-state index is -0.821. The van der Waals surface area contributed by atoms with Gasteiger partial charge < -0.3 is 5.11 Å². The van der Waals surface area contributed by atoms with Crippen LogP contribution in [0.5, 0.6) is 0 Å². The Morgan fingerprint density at radius 3 is 3.30 bits per heavy atom. The summed E-state index contributed by atoms with van der Waals surface area (Å²) in [7, 11) is 0. The van der Waals surface area contributed by atoms with E-state index in [0.29, 0.717) is 0 Å². The fraction of sp³-hybridized carbons (Fsp3) is 0.200. The first-order chi connectivity index (χ1) is 4.79. The molecular formula is C5H4NO2S2. The van der Waals surface area contributed by atoms with E-state index in [9.17, 15) is 4.79 Å². The van der Waals surface area contributed by atoms with Gasteiger partial charge >= 0.3 is 5.97 Å². The molecule has 0 aliphatic carbocycles. The first-order valence-electron chi connectivity index (χ1n) is 2.45. The van der Waals surface area contributed by atoms with E-state index in [-0.39, 0.29) is 5.75 Å². The summed E-state index contributed by atoms with van der Waals surface area (Å²) in [5.41, 5.74) is 2.63. The third kappa shape index (κ3) is 2.36. The third-order valence-electron chi connectivity index (χ3n) is 0.712. The van der Waals surface area contributed by atoms with Gasteiger partial charge in [-0.1, -0.05) is 11.8 Å². The fourth-order valence-corrected chi connectivity index (χ4v) is 1.59. The van der Waals surface area contributed by atoms with E-state index in [0.717, 1.165) is 5.03 Å². The second-order valence-electron chi connectivity index (χ2n) is 1.46. The van der Waals surface area contributed by atoms with E-state index < -0.39 is 5.97 Å². The highest BCUT2D eigenvalue weighted by Crippen LogP contribution is 2.15. The maximum Gasteiger partial charge on any atom is 0.313 e. The molecule has 1 radical (unpaired) electrons. The average molecular weight is 174 g/mol. The normalized spacial score (nSPS) is 9.60. The highest BCUT2D eigenvalue weighted by atomic mass is 32.2. The van der Waals surface area contributed by atoms with Crippen molar-refractivity contribution in [3.8, 4) is 0 Å². The lowest BCUT2D eigenvalue weighted by Crippen LogP contribution is -1.97. The number of rotatable bonds is 3. The van der Waals surface area contributed by atoms with Gasteiger partial charge in [-0.25, -0.2) is 4.98 Å². The number of hydrogen-bond acceptors (Lipinski definition) is 4. The number of nitrogens with zero attached hydrogens (tertiary/aromatic N) is 1. The van der Waals surface area contributed by atoms with Crippen molar-refractivity contribution in [3.05, 3.63) is 10.9 Å². The molecule has 1 aromatic rings. The van der Waals surface area contributed by atoms with Crippen LogP contribution in [0.2, 0.25) is 0 Å². The number of carboxylic acid groups (broad SMARTS) is 1. The zero-order valence-corrected chi connectivity index (χ0v) is 6.54. The number of aromatic nitrogens is 1. The zero-order valence-electron chi connectivity index (χ0n) is 4.90. The van der Waals surface area contributed by atoms with Gasteiger partial charge in [0.15, 0.2) is 5.51 Å². The lowest BCUT2D eigenvalue weighted by atomic mass is 10.8. The van der Waals surface area contributed by atoms with Crippen molar-refractivity contribution in [2.75, 3.05) is 5.75 Å². The Labute approximate surface area is 66.1 Å². The number of thioether (sulfide) groups is 1. The molecule has 0 atom stereocenters. The molecule has 0 spiro atoms. The largest absolute Gasteiger partial charge is 0.481 e. The molecule has 0 saturated carbocycles. The quantitative estimate of drug-likeness (QED) is 0.698. The lowest BCUT2D eigenvalue weighted by Gasteiger charge is -1.88. The van der Waals surface area contributed by atoms with Crippen LogP contribution in [0, 0.1) is 5.51 Å². The van der Waals surface area contributed by atoms with Gasteiger partial charge in [0.1, 0.15) is 5.03 Å². The van der Waals surface area contributed by atoms with Gasteiger partial charge in [0, 0.05) is 5.38 Å². The van der Waals surface area contributed by atoms with Crippen molar-refractivity contribution in [2.24, 2.45) is 0 Å². The van der Waals surface area contributed by atoms with Crippen molar-refractivity contribution in [3.63, 3.8) is 0 Å². The molecular weight excluding hydrogens is 170 g/mol. The van der Waals surface area contributed by atoms with Gasteiger partial charge in [0.2, 0.25) is 0 Å². The highest BCUT2D eigenvalue weighted by Gasteiger charge is 1.99. The molecule has 0 fully saturated rings. The Balaban J connectivity index is 2.35. The van der Waals surface area contributed by atoms with Gasteiger partial charge in [-0.15, -0.1) is 11.3 Å². The molecule has 1 rings (SSSR count). The lowest BCUT2D eigenvalue weighted by molar-refractivity contribution is -0.133. The summed E-state index contributed by atoms with van der Waals surface area (Å²) in [5.74, 6) is -0.754. The summed E-state index contributed by atoms with van der Waals surface area (Å²) in [6, 6.07) is 0. The molecule has 53 valence electrons. The summed E-state index contributed by atoms with van der Waals surface area (Å²) < 4.78 is 0. The number of carbonyl (C=O) groups is 1. The molecule has 0 aromatic carbocycles. The van der Waals surface area contributed by atoms with E-state index in [1.54, 1.807) is 5.38 Å². The summed E-state index contributed by atoms with van der Waals surface area (Å²) >= 11 is 2.55. The van der Waals surface area contributed by atoms with Crippen LogP contribution < -0.4 is 0 Å². The molecule has 0 aliphatic rings. The molecule has 10 heavy (non-hydrogen) atoms. The first-order valence-corrected chi connectivity index (χ1v) is 4.32. The molecule has 3 nitrogen and oxygen atoms in total. The minimum Gasteiger partial charge on any atom is -0.481 e. The Morgan fingerprint density at radius 2 is 2.80 bits per heavy atom. The van der Waals surface area contributed by atoms with Crippen LogP contribution in [0.15, 0.2) is 10.4 Å². The smallest absolute Gasteiger partial charge is 0.313 e. The zero-order chi connectivity index (χ0) is 7.40. The molecule has 0 aliphatic heterocycles. The second-order valence-corrected chi connectivity index (χ2v) is 3.11. The van der Waals surface area contributed by atoms with Gasteiger partial charge in [0.25, 0.3) is 0 Å². The molecule has 1 heterocycles. The topological polar surface area (TPSA) is 50.2 Å². The van der Waals surface area contributed by atoms with Crippen molar-refractivity contribution in [1.82, 2.24) is 4.98 Å². The molecule has 5 heteroatoms. The molecule has 0 bridgehead atoms. The SMILES string of the molecule is O=C(O)CSc1cs[c]n1. The third-order valence-corrected chi connectivity index (χ3v) is 2.30. The van der Waals surface area contributed by atoms with Crippen molar-refractivity contribution < 1.29 is 9.90 Å². The van der Waals surface area contributed by atoms with Crippen LogP contribution in [-0.2, 0) is 4.79 Å². The predicted molar refractivity (Wildman–Crippen MR) is 39.3 cm³/mol. The molecule has 0 amide bonds. The van der Waals surface area contributed by atoms with Gasteiger partial charge in [-0.05, 0) is 0 Å². The van der Waals surface area contributed by atoms with Crippen molar-refractivity contribution in [1.29, 1.82) is 0 Å². The predicted octanol–water partition coefficient (Wildman–Crippen LogP) is 1.12.